The van der Waals surface area contributed by atoms with Crippen LogP contribution in [0, 0.1) is 12.8 Å². The number of rotatable bonds is 9. The summed E-state index contributed by atoms with van der Waals surface area (Å²) in [5.74, 6) is -0.836. The van der Waals surface area contributed by atoms with Gasteiger partial charge in [-0.25, -0.2) is 13.1 Å². The molecule has 2 N–H and O–H groups in total. The maximum absolute atomic E-state index is 12.9. The first-order chi connectivity index (χ1) is 14.8. The Balaban J connectivity index is 1.73. The van der Waals surface area contributed by atoms with E-state index < -0.39 is 22.0 Å². The van der Waals surface area contributed by atoms with Crippen molar-refractivity contribution in [1.29, 1.82) is 0 Å². The summed E-state index contributed by atoms with van der Waals surface area (Å²) in [5, 5.41) is 11.9. The zero-order valence-electron chi connectivity index (χ0n) is 17.7. The fourth-order valence-electron chi connectivity index (χ4n) is 3.04. The highest BCUT2D eigenvalue weighted by Gasteiger charge is 2.29. The molecule has 0 fully saturated rings. The number of anilines is 1. The maximum atomic E-state index is 12.9. The molecule has 1 amide bonds. The minimum atomic E-state index is -3.71. The van der Waals surface area contributed by atoms with E-state index in [2.05, 4.69) is 20.2 Å². The SMILES string of the molecule is CCC(C)C(NS(=O)(=O)Cc1ccccc1)C(=O)Nc1nnc(-c2cccc(C)c2)s1. The lowest BCUT2D eigenvalue weighted by atomic mass is 9.99. The van der Waals surface area contributed by atoms with Crippen molar-refractivity contribution in [2.75, 3.05) is 5.32 Å². The van der Waals surface area contributed by atoms with Crippen LogP contribution in [0.2, 0.25) is 0 Å². The minimum absolute atomic E-state index is 0.190. The van der Waals surface area contributed by atoms with E-state index in [1.54, 1.807) is 24.3 Å². The number of hydrogen-bond donors (Lipinski definition) is 2. The van der Waals surface area contributed by atoms with E-state index in [1.165, 1.54) is 11.3 Å². The van der Waals surface area contributed by atoms with Crippen LogP contribution in [0.3, 0.4) is 0 Å². The first kappa shape index (κ1) is 23.1. The molecule has 2 unspecified atom stereocenters. The van der Waals surface area contributed by atoms with Crippen LogP contribution in [-0.4, -0.2) is 30.6 Å². The number of carbonyl (C=O) groups excluding carboxylic acids is 1. The Morgan fingerprint density at radius 2 is 1.84 bits per heavy atom. The van der Waals surface area contributed by atoms with Gasteiger partial charge in [-0.3, -0.25) is 10.1 Å². The third-order valence-electron chi connectivity index (χ3n) is 4.92. The van der Waals surface area contributed by atoms with E-state index in [4.69, 9.17) is 0 Å². The molecule has 3 rings (SSSR count). The van der Waals surface area contributed by atoms with Crippen LogP contribution < -0.4 is 10.0 Å². The molecule has 164 valence electrons. The lowest BCUT2D eigenvalue weighted by Gasteiger charge is -2.22. The van der Waals surface area contributed by atoms with Crippen LogP contribution in [0.4, 0.5) is 5.13 Å². The molecule has 3 aromatic rings. The zero-order chi connectivity index (χ0) is 22.4. The van der Waals surface area contributed by atoms with Gasteiger partial charge in [0.1, 0.15) is 11.0 Å². The van der Waals surface area contributed by atoms with Crippen molar-refractivity contribution in [3.05, 3.63) is 65.7 Å². The molecule has 0 bridgehead atoms. The second-order valence-electron chi connectivity index (χ2n) is 7.50. The predicted octanol–water partition coefficient (Wildman–Crippen LogP) is 3.99. The Bertz CT molecular complexity index is 1130. The number of hydrogen-bond acceptors (Lipinski definition) is 6. The van der Waals surface area contributed by atoms with Gasteiger partial charge in [-0.05, 0) is 24.5 Å². The smallest absolute Gasteiger partial charge is 0.244 e. The minimum Gasteiger partial charge on any atom is -0.299 e. The van der Waals surface area contributed by atoms with E-state index in [1.807, 2.05) is 51.1 Å². The van der Waals surface area contributed by atoms with Crippen molar-refractivity contribution in [3.8, 4) is 10.6 Å². The second kappa shape index (κ2) is 10.1. The van der Waals surface area contributed by atoms with Crippen molar-refractivity contribution in [1.82, 2.24) is 14.9 Å². The number of amides is 1. The molecule has 0 radical (unpaired) electrons. The first-order valence-corrected chi connectivity index (χ1v) is 12.5. The number of aryl methyl sites for hydroxylation is 1. The lowest BCUT2D eigenvalue weighted by molar-refractivity contribution is -0.118. The Kier molecular flexibility index (Phi) is 7.53. The number of benzene rings is 2. The lowest BCUT2D eigenvalue weighted by Crippen LogP contribution is -2.47. The average Bonchev–Trinajstić information content (AvgIpc) is 3.20. The van der Waals surface area contributed by atoms with Gasteiger partial charge in [0.15, 0.2) is 0 Å². The summed E-state index contributed by atoms with van der Waals surface area (Å²) in [7, 11) is -3.71. The fourth-order valence-corrected chi connectivity index (χ4v) is 5.23. The molecular formula is C22H26N4O3S2. The summed E-state index contributed by atoms with van der Waals surface area (Å²) < 4.78 is 28.0. The Labute approximate surface area is 187 Å². The summed E-state index contributed by atoms with van der Waals surface area (Å²) >= 11 is 1.25. The number of aromatic nitrogens is 2. The largest absolute Gasteiger partial charge is 0.299 e. The van der Waals surface area contributed by atoms with Gasteiger partial charge in [0.2, 0.25) is 21.1 Å². The summed E-state index contributed by atoms with van der Waals surface area (Å²) in [6.07, 6.45) is 0.636. The molecular weight excluding hydrogens is 432 g/mol. The Hall–Kier alpha value is -2.62. The molecule has 0 spiro atoms. The van der Waals surface area contributed by atoms with E-state index >= 15 is 0 Å². The van der Waals surface area contributed by atoms with Crippen LogP contribution in [0.1, 0.15) is 31.4 Å². The number of carbonyl (C=O) groups is 1. The predicted molar refractivity (Wildman–Crippen MR) is 124 cm³/mol. The third kappa shape index (κ3) is 6.43. The van der Waals surface area contributed by atoms with Crippen molar-refractivity contribution in [3.63, 3.8) is 0 Å². The van der Waals surface area contributed by atoms with Gasteiger partial charge in [-0.1, -0.05) is 85.7 Å². The number of sulfonamides is 1. The topological polar surface area (TPSA) is 101 Å². The molecule has 0 aliphatic carbocycles. The standard InChI is InChI=1S/C22H26N4O3S2/c1-4-16(3)19(26-31(28,29)14-17-10-6-5-7-11-17)20(27)23-22-25-24-21(30-22)18-12-8-9-15(2)13-18/h5-13,16,19,26H,4,14H2,1-3H3,(H,23,25,27). The van der Waals surface area contributed by atoms with Gasteiger partial charge < -0.3 is 0 Å². The fraction of sp³-hybridized carbons (Fsp3) is 0.318. The van der Waals surface area contributed by atoms with Crippen molar-refractivity contribution in [2.24, 2.45) is 5.92 Å². The number of nitrogens with zero attached hydrogens (tertiary/aromatic N) is 2. The second-order valence-corrected chi connectivity index (χ2v) is 10.2. The van der Waals surface area contributed by atoms with Gasteiger partial charge in [-0.15, -0.1) is 10.2 Å². The molecule has 1 aromatic heterocycles. The number of nitrogens with one attached hydrogen (secondary N) is 2. The zero-order valence-corrected chi connectivity index (χ0v) is 19.3. The van der Waals surface area contributed by atoms with Gasteiger partial charge in [0, 0.05) is 5.56 Å². The molecule has 31 heavy (non-hydrogen) atoms. The summed E-state index contributed by atoms with van der Waals surface area (Å²) in [4.78, 5) is 12.9. The molecule has 0 saturated carbocycles. The van der Waals surface area contributed by atoms with Crippen LogP contribution in [0.5, 0.6) is 0 Å². The molecule has 2 aromatic carbocycles. The molecule has 0 aliphatic heterocycles. The van der Waals surface area contributed by atoms with Crippen molar-refractivity contribution < 1.29 is 13.2 Å². The quantitative estimate of drug-likeness (QED) is 0.505. The normalized spacial score (nSPS) is 13.5. The Morgan fingerprint density at radius 3 is 2.52 bits per heavy atom. The molecule has 2 atom stereocenters. The van der Waals surface area contributed by atoms with Crippen LogP contribution in [0.25, 0.3) is 10.6 Å². The molecule has 1 heterocycles. The summed E-state index contributed by atoms with van der Waals surface area (Å²) in [5.41, 5.74) is 2.67. The molecule has 0 aliphatic rings. The highest BCUT2D eigenvalue weighted by Crippen LogP contribution is 2.27. The third-order valence-corrected chi connectivity index (χ3v) is 7.14. The van der Waals surface area contributed by atoms with Gasteiger partial charge in [-0.2, -0.15) is 0 Å². The van der Waals surface area contributed by atoms with Crippen LogP contribution >= 0.6 is 11.3 Å². The molecule has 0 saturated heterocycles. The molecule has 7 nitrogen and oxygen atoms in total. The van der Waals surface area contributed by atoms with E-state index in [-0.39, 0.29) is 11.7 Å². The molecule has 9 heteroatoms. The van der Waals surface area contributed by atoms with Crippen LogP contribution in [0.15, 0.2) is 54.6 Å². The maximum Gasteiger partial charge on any atom is 0.244 e. The van der Waals surface area contributed by atoms with E-state index in [0.29, 0.717) is 22.1 Å². The van der Waals surface area contributed by atoms with Gasteiger partial charge in [0.25, 0.3) is 0 Å². The van der Waals surface area contributed by atoms with Crippen LogP contribution in [-0.2, 0) is 20.6 Å². The summed E-state index contributed by atoms with van der Waals surface area (Å²) in [6.45, 7) is 5.75. The monoisotopic (exact) mass is 458 g/mol. The van der Waals surface area contributed by atoms with Crippen molar-refractivity contribution in [2.45, 2.75) is 39.0 Å². The van der Waals surface area contributed by atoms with Gasteiger partial charge in [0.05, 0.1) is 5.75 Å². The van der Waals surface area contributed by atoms with Crippen molar-refractivity contribution >= 4 is 32.4 Å². The van der Waals surface area contributed by atoms with Gasteiger partial charge >= 0.3 is 0 Å². The first-order valence-electron chi connectivity index (χ1n) is 10.0. The Morgan fingerprint density at radius 1 is 1.10 bits per heavy atom. The average molecular weight is 459 g/mol. The highest BCUT2D eigenvalue weighted by atomic mass is 32.2. The summed E-state index contributed by atoms with van der Waals surface area (Å²) in [6, 6.07) is 15.8. The van der Waals surface area contributed by atoms with E-state index in [9.17, 15) is 13.2 Å². The highest BCUT2D eigenvalue weighted by molar-refractivity contribution is 7.88. The van der Waals surface area contributed by atoms with E-state index in [0.717, 1.165) is 11.1 Å².